The zero-order valence-electron chi connectivity index (χ0n) is 42.3. The topological polar surface area (TPSA) is 78.9 Å². The van der Waals surface area contributed by atoms with Crippen molar-refractivity contribution in [3.8, 4) is 0 Å². The van der Waals surface area contributed by atoms with Crippen LogP contribution in [-0.4, -0.2) is 37.2 Å². The second kappa shape index (κ2) is 52.7. The van der Waals surface area contributed by atoms with Gasteiger partial charge in [0.25, 0.3) is 0 Å². The van der Waals surface area contributed by atoms with E-state index < -0.39 is 6.10 Å². The van der Waals surface area contributed by atoms with E-state index in [4.69, 9.17) is 14.2 Å². The fraction of sp³-hybridized carbons (Fsp3) is 0.776. The number of hydrogen-bond acceptors (Lipinski definition) is 6. The molecular weight excluding hydrogens is 793 g/mol. The average molecular weight is 895 g/mol. The van der Waals surface area contributed by atoms with Gasteiger partial charge in [-0.1, -0.05) is 248 Å². The summed E-state index contributed by atoms with van der Waals surface area (Å²) in [6.07, 6.45) is 64.9. The quantitative estimate of drug-likeness (QED) is 0.0199. The third-order valence-electron chi connectivity index (χ3n) is 11.9. The van der Waals surface area contributed by atoms with Crippen LogP contribution in [0.25, 0.3) is 0 Å². The Labute approximate surface area is 396 Å². The van der Waals surface area contributed by atoms with Crippen LogP contribution in [0.2, 0.25) is 0 Å². The summed E-state index contributed by atoms with van der Waals surface area (Å²) in [7, 11) is 0. The summed E-state index contributed by atoms with van der Waals surface area (Å²) in [5, 5.41) is 0. The third-order valence-corrected chi connectivity index (χ3v) is 11.9. The Hall–Kier alpha value is -2.89. The minimum Gasteiger partial charge on any atom is -0.462 e. The molecule has 0 heterocycles. The van der Waals surface area contributed by atoms with Crippen molar-refractivity contribution in [1.29, 1.82) is 0 Å². The molecule has 0 N–H and O–H groups in total. The van der Waals surface area contributed by atoms with E-state index in [9.17, 15) is 14.4 Å². The van der Waals surface area contributed by atoms with E-state index >= 15 is 0 Å². The predicted octanol–water partition coefficient (Wildman–Crippen LogP) is 18.0. The molecular formula is C58H102O6. The molecule has 0 amide bonds. The summed E-state index contributed by atoms with van der Waals surface area (Å²) in [5.74, 6) is -0.907. The lowest BCUT2D eigenvalue weighted by Crippen LogP contribution is -2.30. The van der Waals surface area contributed by atoms with Gasteiger partial charge in [0.2, 0.25) is 0 Å². The van der Waals surface area contributed by atoms with Gasteiger partial charge in [0, 0.05) is 19.3 Å². The second-order valence-corrected chi connectivity index (χ2v) is 18.2. The van der Waals surface area contributed by atoms with Crippen LogP contribution in [0, 0.1) is 0 Å². The summed E-state index contributed by atoms with van der Waals surface area (Å²) in [5.41, 5.74) is 0. The van der Waals surface area contributed by atoms with Crippen molar-refractivity contribution in [3.05, 3.63) is 60.8 Å². The monoisotopic (exact) mass is 895 g/mol. The highest BCUT2D eigenvalue weighted by atomic mass is 16.6. The molecule has 0 aliphatic rings. The zero-order chi connectivity index (χ0) is 46.5. The molecule has 0 bridgehead atoms. The Bertz CT molecular complexity index is 1170. The van der Waals surface area contributed by atoms with Crippen molar-refractivity contribution in [2.75, 3.05) is 13.2 Å². The van der Waals surface area contributed by atoms with Gasteiger partial charge in [-0.05, 0) is 64.2 Å². The minimum atomic E-state index is -0.788. The fourth-order valence-corrected chi connectivity index (χ4v) is 7.74. The summed E-state index contributed by atoms with van der Waals surface area (Å²) >= 11 is 0. The van der Waals surface area contributed by atoms with Gasteiger partial charge in [0.05, 0.1) is 0 Å². The summed E-state index contributed by atoms with van der Waals surface area (Å²) in [4.78, 5) is 38.1. The van der Waals surface area contributed by atoms with Crippen LogP contribution >= 0.6 is 0 Å². The van der Waals surface area contributed by atoms with Crippen molar-refractivity contribution in [1.82, 2.24) is 0 Å². The lowest BCUT2D eigenvalue weighted by molar-refractivity contribution is -0.167. The maximum atomic E-state index is 12.8. The molecule has 0 saturated heterocycles. The molecule has 64 heavy (non-hydrogen) atoms. The van der Waals surface area contributed by atoms with Crippen molar-refractivity contribution in [3.63, 3.8) is 0 Å². The number of carbonyl (C=O) groups is 3. The number of esters is 3. The van der Waals surface area contributed by atoms with E-state index in [0.717, 1.165) is 89.9 Å². The highest BCUT2D eigenvalue weighted by Gasteiger charge is 2.19. The molecule has 0 saturated carbocycles. The Morgan fingerprint density at radius 2 is 0.625 bits per heavy atom. The van der Waals surface area contributed by atoms with Crippen LogP contribution in [0.1, 0.15) is 271 Å². The molecule has 6 heteroatoms. The lowest BCUT2D eigenvalue weighted by atomic mass is 10.0. The molecule has 0 fully saturated rings. The highest BCUT2D eigenvalue weighted by Crippen LogP contribution is 2.16. The fourth-order valence-electron chi connectivity index (χ4n) is 7.74. The van der Waals surface area contributed by atoms with Crippen LogP contribution in [0.15, 0.2) is 60.8 Å². The largest absolute Gasteiger partial charge is 0.462 e. The standard InChI is InChI=1S/C58H102O6/c1-4-7-10-13-16-19-22-25-28-31-33-36-39-42-45-48-51-57(60)63-54-55(64-58(61)52-49-46-43-40-37-34-30-27-24-21-18-15-12-9-6-3)53-62-56(59)50-47-44-41-38-35-32-29-26-23-20-17-14-11-8-5-2/h9,12,15,18,21,24,27-28,30-31,55H,4-8,10-11,13-14,16-17,19-20,22-23,25-26,29,32-54H2,1-3H3/b12-9-,18-15-,24-21-,30-27-,31-28-. The van der Waals surface area contributed by atoms with Crippen LogP contribution in [0.3, 0.4) is 0 Å². The lowest BCUT2D eigenvalue weighted by Gasteiger charge is -2.18. The maximum absolute atomic E-state index is 12.8. The van der Waals surface area contributed by atoms with E-state index in [1.165, 1.54) is 141 Å². The van der Waals surface area contributed by atoms with Gasteiger partial charge in [0.15, 0.2) is 6.10 Å². The Morgan fingerprint density at radius 1 is 0.328 bits per heavy atom. The molecule has 1 unspecified atom stereocenters. The molecule has 0 radical (unpaired) electrons. The number of ether oxygens (including phenoxy) is 3. The maximum Gasteiger partial charge on any atom is 0.306 e. The van der Waals surface area contributed by atoms with Crippen LogP contribution < -0.4 is 0 Å². The first-order chi connectivity index (χ1) is 31.5. The van der Waals surface area contributed by atoms with Crippen molar-refractivity contribution in [2.24, 2.45) is 0 Å². The SMILES string of the molecule is CC\C=C/C=C\C=C/C=C\CCCCCCCC(=O)OC(COC(=O)CCCCCCC/C=C\CCCCCCCCC)COC(=O)CCCCCCCCCCCCCCCCC. The number of unbranched alkanes of at least 4 members (excludes halogenated alkanes) is 31. The molecule has 0 aliphatic carbocycles. The number of allylic oxidation sites excluding steroid dienone is 10. The summed E-state index contributed by atoms with van der Waals surface area (Å²) in [6.45, 7) is 6.49. The molecule has 1 atom stereocenters. The Kier molecular flexibility index (Phi) is 50.4. The van der Waals surface area contributed by atoms with Gasteiger partial charge in [-0.3, -0.25) is 14.4 Å². The van der Waals surface area contributed by atoms with E-state index in [0.29, 0.717) is 19.3 Å². The molecule has 0 aliphatic heterocycles. The highest BCUT2D eigenvalue weighted by molar-refractivity contribution is 5.71. The summed E-state index contributed by atoms with van der Waals surface area (Å²) < 4.78 is 16.8. The van der Waals surface area contributed by atoms with Crippen molar-refractivity contribution >= 4 is 17.9 Å². The van der Waals surface area contributed by atoms with Gasteiger partial charge in [-0.2, -0.15) is 0 Å². The van der Waals surface area contributed by atoms with E-state index in [1.807, 2.05) is 18.2 Å². The van der Waals surface area contributed by atoms with Crippen molar-refractivity contribution in [2.45, 2.75) is 277 Å². The molecule has 0 spiro atoms. The minimum absolute atomic E-state index is 0.0843. The first-order valence-corrected chi connectivity index (χ1v) is 27.3. The molecule has 0 aromatic rings. The molecule has 0 aromatic carbocycles. The number of hydrogen-bond donors (Lipinski definition) is 0. The predicted molar refractivity (Wildman–Crippen MR) is 275 cm³/mol. The normalized spacial score (nSPS) is 12.5. The molecule has 0 aromatic heterocycles. The third kappa shape index (κ3) is 50.1. The van der Waals surface area contributed by atoms with Crippen LogP contribution in [0.4, 0.5) is 0 Å². The molecule has 370 valence electrons. The summed E-state index contributed by atoms with van der Waals surface area (Å²) in [6, 6.07) is 0. The second-order valence-electron chi connectivity index (χ2n) is 18.2. The van der Waals surface area contributed by atoms with Crippen molar-refractivity contribution < 1.29 is 28.6 Å². The van der Waals surface area contributed by atoms with Gasteiger partial charge in [-0.15, -0.1) is 0 Å². The van der Waals surface area contributed by atoms with Gasteiger partial charge >= 0.3 is 17.9 Å². The van der Waals surface area contributed by atoms with Gasteiger partial charge < -0.3 is 14.2 Å². The van der Waals surface area contributed by atoms with Gasteiger partial charge in [-0.25, -0.2) is 0 Å². The van der Waals surface area contributed by atoms with E-state index in [-0.39, 0.29) is 31.1 Å². The van der Waals surface area contributed by atoms with E-state index in [2.05, 4.69) is 63.3 Å². The smallest absolute Gasteiger partial charge is 0.306 e. The van der Waals surface area contributed by atoms with Crippen LogP contribution in [-0.2, 0) is 28.6 Å². The first-order valence-electron chi connectivity index (χ1n) is 27.3. The number of rotatable bonds is 49. The first kappa shape index (κ1) is 61.1. The van der Waals surface area contributed by atoms with Gasteiger partial charge in [0.1, 0.15) is 13.2 Å². The van der Waals surface area contributed by atoms with E-state index in [1.54, 1.807) is 0 Å². The zero-order valence-corrected chi connectivity index (χ0v) is 42.3. The Balaban J connectivity index is 4.41. The Morgan fingerprint density at radius 3 is 1.00 bits per heavy atom. The molecule has 0 rings (SSSR count). The molecule has 6 nitrogen and oxygen atoms in total. The van der Waals surface area contributed by atoms with Crippen LogP contribution in [0.5, 0.6) is 0 Å². The number of carbonyl (C=O) groups excluding carboxylic acids is 3. The average Bonchev–Trinajstić information content (AvgIpc) is 3.29.